The molecule has 6 nitrogen and oxygen atoms in total. The highest BCUT2D eigenvalue weighted by Crippen LogP contribution is 2.25. The molecule has 2 N–H and O–H groups in total. The fraction of sp³-hybridized carbons (Fsp3) is 0. The van der Waals surface area contributed by atoms with Crippen molar-refractivity contribution in [3.8, 4) is 17.7 Å². The van der Waals surface area contributed by atoms with Crippen molar-refractivity contribution in [1.29, 1.82) is 5.26 Å². The van der Waals surface area contributed by atoms with Crippen molar-refractivity contribution in [1.82, 2.24) is 10.2 Å². The Labute approximate surface area is 103 Å². The molecule has 1 amide bonds. The Balaban J connectivity index is 2.41. The van der Waals surface area contributed by atoms with Gasteiger partial charge in [-0.1, -0.05) is 12.1 Å². The number of nitriles is 1. The van der Waals surface area contributed by atoms with Crippen LogP contribution >= 0.6 is 0 Å². The number of aromatic nitrogens is 2. The summed E-state index contributed by atoms with van der Waals surface area (Å²) in [6, 6.07) is 9.83. The second-order valence-electron chi connectivity index (χ2n) is 3.32. The zero-order chi connectivity index (χ0) is 13.0. The summed E-state index contributed by atoms with van der Waals surface area (Å²) in [4.78, 5) is 11.2. The molecule has 0 saturated heterocycles. The van der Waals surface area contributed by atoms with Gasteiger partial charge in [-0.2, -0.15) is 10.4 Å². The minimum absolute atomic E-state index is 0.0358. The van der Waals surface area contributed by atoms with E-state index in [1.165, 1.54) is 18.3 Å². The molecular formula is C12H8N4O2. The number of hydrogen-bond donors (Lipinski definition) is 1. The van der Waals surface area contributed by atoms with Gasteiger partial charge in [0.15, 0.2) is 0 Å². The molecule has 0 radical (unpaired) electrons. The molecule has 0 saturated carbocycles. The Morgan fingerprint density at radius 3 is 2.83 bits per heavy atom. The van der Waals surface area contributed by atoms with Crippen LogP contribution in [0.4, 0.5) is 0 Å². The van der Waals surface area contributed by atoms with E-state index in [1.807, 2.05) is 6.07 Å². The monoisotopic (exact) mass is 240 g/mol. The predicted molar refractivity (Wildman–Crippen MR) is 61.8 cm³/mol. The number of primary amides is 1. The highest BCUT2D eigenvalue weighted by atomic mass is 16.5. The van der Waals surface area contributed by atoms with Crippen LogP contribution in [0, 0.1) is 11.3 Å². The molecule has 1 aromatic carbocycles. The fourth-order valence-electron chi connectivity index (χ4n) is 1.34. The van der Waals surface area contributed by atoms with Gasteiger partial charge in [0.1, 0.15) is 17.4 Å². The molecule has 2 rings (SSSR count). The third-order valence-corrected chi connectivity index (χ3v) is 2.17. The highest BCUT2D eigenvalue weighted by molar-refractivity contribution is 5.95. The van der Waals surface area contributed by atoms with Gasteiger partial charge in [-0.3, -0.25) is 4.79 Å². The molecule has 2 aromatic rings. The summed E-state index contributed by atoms with van der Waals surface area (Å²) in [7, 11) is 0. The van der Waals surface area contributed by atoms with Crippen molar-refractivity contribution >= 4 is 5.91 Å². The van der Waals surface area contributed by atoms with Crippen LogP contribution in [-0.2, 0) is 0 Å². The van der Waals surface area contributed by atoms with Gasteiger partial charge in [-0.05, 0) is 18.2 Å². The normalized spacial score (nSPS) is 9.50. The average Bonchev–Trinajstić information content (AvgIpc) is 2.40. The van der Waals surface area contributed by atoms with Gasteiger partial charge in [-0.15, -0.1) is 5.10 Å². The molecule has 0 aliphatic heterocycles. The number of nitrogens with zero attached hydrogens (tertiary/aromatic N) is 3. The first kappa shape index (κ1) is 11.5. The summed E-state index contributed by atoms with van der Waals surface area (Å²) >= 11 is 0. The number of carbonyl (C=O) groups is 1. The van der Waals surface area contributed by atoms with Gasteiger partial charge in [0, 0.05) is 0 Å². The predicted octanol–water partition coefficient (Wildman–Crippen LogP) is 1.24. The maximum Gasteiger partial charge on any atom is 0.256 e. The lowest BCUT2D eigenvalue weighted by Crippen LogP contribution is -2.12. The average molecular weight is 240 g/mol. The SMILES string of the molecule is N#Cc1ccnnc1Oc1ccccc1C(N)=O. The Kier molecular flexibility index (Phi) is 3.16. The first-order valence-corrected chi connectivity index (χ1v) is 5.01. The number of nitrogens with two attached hydrogens (primary N) is 1. The van der Waals surface area contributed by atoms with Crippen LogP contribution in [0.1, 0.15) is 15.9 Å². The van der Waals surface area contributed by atoms with E-state index in [0.717, 1.165) is 0 Å². The second-order valence-corrected chi connectivity index (χ2v) is 3.32. The van der Waals surface area contributed by atoms with Crippen LogP contribution < -0.4 is 10.5 Å². The van der Waals surface area contributed by atoms with Crippen LogP contribution in [0.5, 0.6) is 11.6 Å². The van der Waals surface area contributed by atoms with E-state index in [1.54, 1.807) is 18.2 Å². The quantitative estimate of drug-likeness (QED) is 0.869. The van der Waals surface area contributed by atoms with Crippen LogP contribution in [-0.4, -0.2) is 16.1 Å². The third kappa shape index (κ3) is 2.25. The summed E-state index contributed by atoms with van der Waals surface area (Å²) in [5.74, 6) is -0.344. The first-order chi connectivity index (χ1) is 8.72. The summed E-state index contributed by atoms with van der Waals surface area (Å²) < 4.78 is 5.40. The Morgan fingerprint density at radius 2 is 2.11 bits per heavy atom. The van der Waals surface area contributed by atoms with Gasteiger partial charge >= 0.3 is 0 Å². The van der Waals surface area contributed by atoms with Crippen molar-refractivity contribution in [2.45, 2.75) is 0 Å². The lowest BCUT2D eigenvalue weighted by atomic mass is 10.2. The number of benzene rings is 1. The van der Waals surface area contributed by atoms with Crippen molar-refractivity contribution in [2.24, 2.45) is 5.73 Å². The van der Waals surface area contributed by atoms with E-state index in [2.05, 4.69) is 10.2 Å². The van der Waals surface area contributed by atoms with Crippen molar-refractivity contribution in [3.63, 3.8) is 0 Å². The van der Waals surface area contributed by atoms with Gasteiger partial charge in [0.2, 0.25) is 0 Å². The molecule has 6 heteroatoms. The maximum absolute atomic E-state index is 11.2. The van der Waals surface area contributed by atoms with E-state index < -0.39 is 5.91 Å². The zero-order valence-corrected chi connectivity index (χ0v) is 9.20. The highest BCUT2D eigenvalue weighted by Gasteiger charge is 2.12. The van der Waals surface area contributed by atoms with Crippen LogP contribution in [0.25, 0.3) is 0 Å². The summed E-state index contributed by atoms with van der Waals surface area (Å²) in [6.45, 7) is 0. The summed E-state index contributed by atoms with van der Waals surface area (Å²) in [6.07, 6.45) is 1.38. The number of ether oxygens (including phenoxy) is 1. The van der Waals surface area contributed by atoms with E-state index in [4.69, 9.17) is 15.7 Å². The number of carbonyl (C=O) groups excluding carboxylic acids is 1. The van der Waals surface area contributed by atoms with Gasteiger partial charge < -0.3 is 10.5 Å². The molecule has 0 unspecified atom stereocenters. The maximum atomic E-state index is 11.2. The van der Waals surface area contributed by atoms with Crippen molar-refractivity contribution < 1.29 is 9.53 Å². The molecular weight excluding hydrogens is 232 g/mol. The van der Waals surface area contributed by atoms with E-state index in [-0.39, 0.29) is 22.8 Å². The number of rotatable bonds is 3. The van der Waals surface area contributed by atoms with Crippen LogP contribution in [0.15, 0.2) is 36.5 Å². The minimum atomic E-state index is -0.618. The standard InChI is InChI=1S/C12H8N4O2/c13-7-8-5-6-15-16-12(8)18-10-4-2-1-3-9(10)11(14)17/h1-6H,(H2,14,17). The lowest BCUT2D eigenvalue weighted by molar-refractivity contribution is 0.0998. The van der Waals surface area contributed by atoms with E-state index in [9.17, 15) is 4.79 Å². The number of hydrogen-bond acceptors (Lipinski definition) is 5. The molecule has 0 aliphatic carbocycles. The second kappa shape index (κ2) is 4.93. The first-order valence-electron chi connectivity index (χ1n) is 5.01. The molecule has 0 bridgehead atoms. The molecule has 1 aromatic heterocycles. The molecule has 0 aliphatic rings. The smallest absolute Gasteiger partial charge is 0.256 e. The molecule has 0 spiro atoms. The molecule has 18 heavy (non-hydrogen) atoms. The van der Waals surface area contributed by atoms with Crippen molar-refractivity contribution in [2.75, 3.05) is 0 Å². The third-order valence-electron chi connectivity index (χ3n) is 2.17. The Bertz CT molecular complexity index is 634. The largest absolute Gasteiger partial charge is 0.436 e. The molecule has 88 valence electrons. The van der Waals surface area contributed by atoms with E-state index >= 15 is 0 Å². The van der Waals surface area contributed by atoms with Gasteiger partial charge in [-0.25, -0.2) is 0 Å². The zero-order valence-electron chi connectivity index (χ0n) is 9.20. The van der Waals surface area contributed by atoms with Crippen LogP contribution in [0.3, 0.4) is 0 Å². The van der Waals surface area contributed by atoms with Gasteiger partial charge in [0.25, 0.3) is 11.8 Å². The lowest BCUT2D eigenvalue weighted by Gasteiger charge is -2.07. The number of para-hydroxylation sites is 1. The number of amides is 1. The summed E-state index contributed by atoms with van der Waals surface area (Å²) in [5, 5.41) is 16.2. The topological polar surface area (TPSA) is 102 Å². The Morgan fingerprint density at radius 1 is 1.33 bits per heavy atom. The van der Waals surface area contributed by atoms with Crippen LogP contribution in [0.2, 0.25) is 0 Å². The Hall–Kier alpha value is -2.94. The van der Waals surface area contributed by atoms with Gasteiger partial charge in [0.05, 0.1) is 11.8 Å². The van der Waals surface area contributed by atoms with Crippen molar-refractivity contribution in [3.05, 3.63) is 47.7 Å². The molecule has 1 heterocycles. The van der Waals surface area contributed by atoms with E-state index in [0.29, 0.717) is 0 Å². The minimum Gasteiger partial charge on any atom is -0.436 e. The molecule has 0 atom stereocenters. The fourth-order valence-corrected chi connectivity index (χ4v) is 1.34. The molecule has 0 fully saturated rings. The summed E-state index contributed by atoms with van der Waals surface area (Å²) in [5.41, 5.74) is 5.66.